The molecule has 1 aromatic carbocycles. The number of carbonyl (C=O) groups excluding carboxylic acids is 4. The Morgan fingerprint density at radius 1 is 1.08 bits per heavy atom. The molecule has 2 aromatic heterocycles. The molecule has 22 heteroatoms. The zero-order valence-electron chi connectivity index (χ0n) is 44.8. The molecule has 3 amide bonds. The fourth-order valence-corrected chi connectivity index (χ4v) is 10.3. The van der Waals surface area contributed by atoms with Crippen LogP contribution in [-0.4, -0.2) is 169 Å². The number of cyclic esters (lactones) is 1. The van der Waals surface area contributed by atoms with Gasteiger partial charge in [-0.25, -0.2) is 19.6 Å². The van der Waals surface area contributed by atoms with Crippen molar-refractivity contribution in [3.05, 3.63) is 57.6 Å². The topological polar surface area (TPSA) is 172 Å². The monoisotopic (exact) mass is 1070 g/mol. The van der Waals surface area contributed by atoms with Crippen LogP contribution in [0.1, 0.15) is 84.5 Å². The zero-order valence-corrected chi connectivity index (χ0v) is 45.6. The molecule has 3 fully saturated rings. The van der Waals surface area contributed by atoms with Gasteiger partial charge in [0.25, 0.3) is 5.91 Å². The number of amides is 3. The van der Waals surface area contributed by atoms with Crippen molar-refractivity contribution < 1.29 is 55.7 Å². The summed E-state index contributed by atoms with van der Waals surface area (Å²) in [5, 5.41) is 6.54. The van der Waals surface area contributed by atoms with Gasteiger partial charge < -0.3 is 43.5 Å². The van der Waals surface area contributed by atoms with Gasteiger partial charge in [0.2, 0.25) is 5.91 Å². The lowest BCUT2D eigenvalue weighted by molar-refractivity contribution is -0.155. The number of carbonyl (C=O) groups is 4. The molecule has 0 saturated carbocycles. The maximum Gasteiger partial charge on any atom is 0.410 e. The lowest BCUT2D eigenvalue weighted by atomic mass is 9.85. The number of hydrogen-bond donors (Lipinski definition) is 2. The minimum atomic E-state index is -4.73. The minimum Gasteiger partial charge on any atom is -0.464 e. The number of rotatable bonds is 13. The predicted molar refractivity (Wildman–Crippen MR) is 278 cm³/mol. The number of likely N-dealkylation sites (N-methyl/N-ethyl adjacent to an activating group) is 1. The summed E-state index contributed by atoms with van der Waals surface area (Å²) in [6.07, 6.45) is -2.36. The second-order valence-electron chi connectivity index (χ2n) is 22.2. The van der Waals surface area contributed by atoms with Crippen LogP contribution in [0.4, 0.5) is 22.4 Å². The van der Waals surface area contributed by atoms with Crippen LogP contribution in [0.2, 0.25) is 0 Å². The van der Waals surface area contributed by atoms with E-state index in [1.54, 1.807) is 45.4 Å². The molecular formula is C53H73F4N9O8S. The van der Waals surface area contributed by atoms with Crippen LogP contribution in [0.25, 0.3) is 28.2 Å². The average molecular weight is 1070 g/mol. The maximum absolute atomic E-state index is 16.8. The number of esters is 1. The van der Waals surface area contributed by atoms with Crippen LogP contribution in [0.15, 0.2) is 40.5 Å². The largest absolute Gasteiger partial charge is 0.464 e. The molecule has 3 saturated heterocycles. The van der Waals surface area contributed by atoms with Gasteiger partial charge in [0.15, 0.2) is 0 Å². The van der Waals surface area contributed by atoms with Gasteiger partial charge in [-0.15, -0.1) is 11.3 Å². The van der Waals surface area contributed by atoms with E-state index in [1.807, 2.05) is 34.7 Å². The number of halogens is 4. The fraction of sp³-hybridized carbons (Fsp3) is 0.623. The number of ether oxygens (including phenoxy) is 4. The molecular weight excluding hydrogens is 999 g/mol. The third-order valence-corrected chi connectivity index (χ3v) is 14.8. The first kappa shape index (κ1) is 57.3. The van der Waals surface area contributed by atoms with E-state index in [2.05, 4.69) is 27.1 Å². The molecule has 4 aliphatic heterocycles. The van der Waals surface area contributed by atoms with Crippen molar-refractivity contribution in [3.63, 3.8) is 0 Å². The maximum atomic E-state index is 16.8. The third-order valence-electron chi connectivity index (χ3n) is 13.9. The zero-order chi connectivity index (χ0) is 54.7. The minimum absolute atomic E-state index is 0.00338. The lowest BCUT2D eigenvalue weighted by Crippen LogP contribution is -2.61. The summed E-state index contributed by atoms with van der Waals surface area (Å²) in [6.45, 7) is 20.9. The Kier molecular flexibility index (Phi) is 17.9. The van der Waals surface area contributed by atoms with Crippen molar-refractivity contribution in [2.45, 2.75) is 124 Å². The highest BCUT2D eigenvalue weighted by molar-refractivity contribution is 7.10. The number of nitrogens with zero attached hydrogens (tertiary/aromatic N) is 7. The molecule has 7 rings (SSSR count). The number of hydrazine groups is 1. The van der Waals surface area contributed by atoms with Gasteiger partial charge in [-0.2, -0.15) is 13.2 Å². The molecule has 6 heterocycles. The number of likely N-dealkylation sites (tertiary alicyclic amines) is 1. The Balaban J connectivity index is 1.26. The van der Waals surface area contributed by atoms with Crippen molar-refractivity contribution >= 4 is 58.4 Å². The summed E-state index contributed by atoms with van der Waals surface area (Å²) in [5.74, 6) is -3.42. The molecule has 4 aliphatic rings. The molecule has 75 heavy (non-hydrogen) atoms. The summed E-state index contributed by atoms with van der Waals surface area (Å²) >= 11 is 1.13. The Hall–Kier alpha value is -5.42. The van der Waals surface area contributed by atoms with Crippen molar-refractivity contribution in [2.75, 3.05) is 73.2 Å². The quantitative estimate of drug-likeness (QED) is 0.100. The summed E-state index contributed by atoms with van der Waals surface area (Å²) in [6, 6.07) is 0.436. The summed E-state index contributed by atoms with van der Waals surface area (Å²) in [7, 11) is 3.51. The smallest absolute Gasteiger partial charge is 0.410 e. The van der Waals surface area contributed by atoms with Crippen LogP contribution in [0.5, 0.6) is 0 Å². The molecule has 0 unspecified atom stereocenters. The van der Waals surface area contributed by atoms with E-state index in [0.29, 0.717) is 53.3 Å². The number of aliphatic imine (C=N–C) groups is 1. The Morgan fingerprint density at radius 3 is 2.44 bits per heavy atom. The number of aromatic nitrogens is 2. The second kappa shape index (κ2) is 23.4. The first-order valence-corrected chi connectivity index (χ1v) is 26.5. The highest BCUT2D eigenvalue weighted by Gasteiger charge is 2.40. The second-order valence-corrected chi connectivity index (χ2v) is 23.2. The summed E-state index contributed by atoms with van der Waals surface area (Å²) < 4.78 is 85.4. The van der Waals surface area contributed by atoms with Crippen LogP contribution in [0, 0.1) is 23.1 Å². The van der Waals surface area contributed by atoms with Gasteiger partial charge in [-0.05, 0) is 83.7 Å². The van der Waals surface area contributed by atoms with E-state index in [0.717, 1.165) is 48.1 Å². The molecule has 0 radical (unpaired) electrons. The molecule has 0 spiro atoms. The third kappa shape index (κ3) is 14.5. The van der Waals surface area contributed by atoms with Gasteiger partial charge >= 0.3 is 18.2 Å². The number of fused-ring (bicyclic) bond motifs is 6. The van der Waals surface area contributed by atoms with Crippen LogP contribution >= 0.6 is 11.3 Å². The Labute approximate surface area is 440 Å². The van der Waals surface area contributed by atoms with Gasteiger partial charge in [-0.3, -0.25) is 24.4 Å². The van der Waals surface area contributed by atoms with Crippen molar-refractivity contribution in [2.24, 2.45) is 22.2 Å². The van der Waals surface area contributed by atoms with E-state index in [4.69, 9.17) is 28.9 Å². The number of benzene rings is 1. The standard InChI is InChI=1S/C53H73F4N9O8S/c1-31(2)38(27-72-34-25-64(26-34)50(70)74-51(5,6)7)47(67)60-42-22-46-59-43(28-75-46)36-19-35-37(23-52(8,9)30-73-49(69)40-13-12-14-66(61-40)48(42)68)45(65(29-53(55,56)57)44(35)20-39(36)54)21-41(33(4)71-11)58-24-32(3)63-17-15-62(10)16-18-63/h19-21,24,28,31,33-34,38,40,42,61H,3,12-18,22-23,25-27,29-30H2,1-2,4-11H3,(H,60,67)/b41-21+,58-24-/t33-,38+,40-,42-/m0/s1. The van der Waals surface area contributed by atoms with Gasteiger partial charge in [-0.1, -0.05) is 34.3 Å². The average Bonchev–Trinajstić information content (AvgIpc) is 3.88. The van der Waals surface area contributed by atoms with E-state index in [9.17, 15) is 32.3 Å². The van der Waals surface area contributed by atoms with Gasteiger partial charge in [0.05, 0.1) is 66.3 Å². The first-order chi connectivity index (χ1) is 35.2. The molecule has 0 aliphatic carbocycles. The highest BCUT2D eigenvalue weighted by Crippen LogP contribution is 2.40. The Bertz CT molecular complexity index is 2650. The van der Waals surface area contributed by atoms with Gasteiger partial charge in [0.1, 0.15) is 30.0 Å². The van der Waals surface area contributed by atoms with Crippen molar-refractivity contribution in [1.82, 2.24) is 40.0 Å². The molecule has 2 N–H and O–H groups in total. The van der Waals surface area contributed by atoms with E-state index in [1.165, 1.54) is 23.1 Å². The number of methoxy groups -OCH3 is 1. The van der Waals surface area contributed by atoms with E-state index in [-0.39, 0.29) is 67.1 Å². The van der Waals surface area contributed by atoms with Gasteiger partial charge in [0, 0.05) is 85.6 Å². The number of nitrogens with one attached hydrogen (secondary N) is 2. The molecule has 6 bridgehead atoms. The molecule has 4 atom stereocenters. The summed E-state index contributed by atoms with van der Waals surface area (Å²) in [4.78, 5) is 70.6. The Morgan fingerprint density at radius 2 is 1.79 bits per heavy atom. The molecule has 17 nitrogen and oxygen atoms in total. The predicted octanol–water partition coefficient (Wildman–Crippen LogP) is 7.23. The summed E-state index contributed by atoms with van der Waals surface area (Å²) in [5.41, 5.74) is 3.10. The number of alkyl halides is 3. The molecule has 3 aromatic rings. The van der Waals surface area contributed by atoms with Crippen LogP contribution in [0.3, 0.4) is 0 Å². The van der Waals surface area contributed by atoms with E-state index < -0.39 is 77.5 Å². The first-order valence-electron chi connectivity index (χ1n) is 25.6. The number of piperazine rings is 1. The lowest BCUT2D eigenvalue weighted by Gasteiger charge is -2.40. The number of allylic oxidation sites excluding steroid dienone is 1. The molecule has 412 valence electrons. The fourth-order valence-electron chi connectivity index (χ4n) is 9.41. The van der Waals surface area contributed by atoms with Crippen molar-refractivity contribution in [1.29, 1.82) is 0 Å². The van der Waals surface area contributed by atoms with E-state index >= 15 is 4.39 Å². The number of hydrogen-bond acceptors (Lipinski definition) is 14. The van der Waals surface area contributed by atoms with Crippen LogP contribution in [-0.2, 0) is 52.7 Å². The SMILES string of the molecule is C=C(/C=N\C(=C\c1c2c3cc(c(F)cc3n1CC(F)(F)F)-c1csc(n1)C[C@H](NC(=O)[C@H](COC1CN(C(=O)OC(C)(C)C)C1)C(C)C)C(=O)N1CCC[C@H](N1)C(=O)OCC(C)(C)C2)[C@H](C)OC)N1CCN(C)CC1. The van der Waals surface area contributed by atoms with Crippen LogP contribution < -0.4 is 10.7 Å². The highest BCUT2D eigenvalue weighted by atomic mass is 32.1. The van der Waals surface area contributed by atoms with Crippen molar-refractivity contribution in [3.8, 4) is 11.3 Å². The normalized spacial score (nSPS) is 21.5. The number of thiazole rings is 1.